The lowest BCUT2D eigenvalue weighted by Crippen LogP contribution is -2.14. The maximum Gasteiger partial charge on any atom is 0.231 e. The summed E-state index contributed by atoms with van der Waals surface area (Å²) in [7, 11) is 0. The summed E-state index contributed by atoms with van der Waals surface area (Å²) in [6.07, 6.45) is 7.58. The second-order valence-electron chi connectivity index (χ2n) is 7.40. The van der Waals surface area contributed by atoms with Gasteiger partial charge in [-0.15, -0.1) is 0 Å². The Morgan fingerprint density at radius 2 is 2.00 bits per heavy atom. The Bertz CT molecular complexity index is 534. The summed E-state index contributed by atoms with van der Waals surface area (Å²) >= 11 is 0. The molecule has 4 heteroatoms. The van der Waals surface area contributed by atoms with Crippen molar-refractivity contribution in [3.05, 3.63) is 11.7 Å². The lowest BCUT2D eigenvalue weighted by Gasteiger charge is -2.26. The molecular formula is C17H25N3O. The summed E-state index contributed by atoms with van der Waals surface area (Å²) in [5.41, 5.74) is -0.0165. The zero-order chi connectivity index (χ0) is 15.0. The van der Waals surface area contributed by atoms with Crippen LogP contribution in [0.4, 0.5) is 0 Å². The fraction of sp³-hybridized carbons (Fsp3) is 0.824. The summed E-state index contributed by atoms with van der Waals surface area (Å²) in [4.78, 5) is 4.63. The molecule has 0 spiro atoms. The van der Waals surface area contributed by atoms with E-state index in [1.165, 1.54) is 38.5 Å². The van der Waals surface area contributed by atoms with Crippen molar-refractivity contribution in [1.82, 2.24) is 10.1 Å². The first-order chi connectivity index (χ1) is 10.1. The van der Waals surface area contributed by atoms with Crippen LogP contribution in [-0.2, 0) is 0 Å². The number of nitriles is 1. The van der Waals surface area contributed by atoms with E-state index >= 15 is 0 Å². The van der Waals surface area contributed by atoms with Crippen LogP contribution in [0.1, 0.15) is 82.8 Å². The normalized spacial score (nSPS) is 34.4. The van der Waals surface area contributed by atoms with Crippen molar-refractivity contribution < 1.29 is 4.52 Å². The van der Waals surface area contributed by atoms with Gasteiger partial charge in [-0.25, -0.2) is 0 Å². The second kappa shape index (κ2) is 5.44. The summed E-state index contributed by atoms with van der Waals surface area (Å²) in [6, 6.07) is 2.36. The van der Waals surface area contributed by atoms with E-state index in [4.69, 9.17) is 9.78 Å². The van der Waals surface area contributed by atoms with E-state index in [0.29, 0.717) is 11.8 Å². The quantitative estimate of drug-likeness (QED) is 0.823. The molecule has 3 rings (SSSR count). The van der Waals surface area contributed by atoms with Crippen LogP contribution in [0.25, 0.3) is 0 Å². The molecule has 0 aliphatic heterocycles. The number of hydrogen-bond acceptors (Lipinski definition) is 4. The predicted molar refractivity (Wildman–Crippen MR) is 79.5 cm³/mol. The summed E-state index contributed by atoms with van der Waals surface area (Å²) in [5, 5.41) is 13.4. The average molecular weight is 287 g/mol. The van der Waals surface area contributed by atoms with Crippen molar-refractivity contribution in [3.63, 3.8) is 0 Å². The van der Waals surface area contributed by atoms with E-state index in [-0.39, 0.29) is 17.3 Å². The van der Waals surface area contributed by atoms with Gasteiger partial charge >= 0.3 is 0 Å². The first-order valence-electron chi connectivity index (χ1n) is 8.31. The molecule has 2 atom stereocenters. The molecule has 21 heavy (non-hydrogen) atoms. The molecule has 0 saturated heterocycles. The van der Waals surface area contributed by atoms with Crippen LogP contribution in [0.5, 0.6) is 0 Å². The Hall–Kier alpha value is -1.37. The van der Waals surface area contributed by atoms with Gasteiger partial charge in [-0.3, -0.25) is 0 Å². The van der Waals surface area contributed by atoms with E-state index in [9.17, 15) is 0 Å². The minimum Gasteiger partial charge on any atom is -0.339 e. The number of aromatic nitrogens is 2. The number of nitrogens with zero attached hydrogens (tertiary/aromatic N) is 3. The lowest BCUT2D eigenvalue weighted by molar-refractivity contribution is 0.294. The molecule has 2 aliphatic rings. The van der Waals surface area contributed by atoms with Gasteiger partial charge in [0.25, 0.3) is 0 Å². The van der Waals surface area contributed by atoms with Crippen molar-refractivity contribution in [2.45, 2.75) is 71.1 Å². The first kappa shape index (κ1) is 14.6. The van der Waals surface area contributed by atoms with Gasteiger partial charge in [0, 0.05) is 5.92 Å². The van der Waals surface area contributed by atoms with Crippen LogP contribution in [-0.4, -0.2) is 10.1 Å². The molecule has 4 nitrogen and oxygen atoms in total. The molecule has 0 N–H and O–H groups in total. The highest BCUT2D eigenvalue weighted by Gasteiger charge is 2.62. The fourth-order valence-electron chi connectivity index (χ4n) is 4.00. The molecule has 1 aromatic heterocycles. The monoisotopic (exact) mass is 287 g/mol. The van der Waals surface area contributed by atoms with E-state index in [2.05, 4.69) is 37.0 Å². The van der Waals surface area contributed by atoms with E-state index in [1.54, 1.807) is 0 Å². The zero-order valence-electron chi connectivity index (χ0n) is 13.3. The van der Waals surface area contributed by atoms with Crippen LogP contribution < -0.4 is 0 Å². The summed E-state index contributed by atoms with van der Waals surface area (Å²) < 4.78 is 5.47. The molecule has 1 aromatic rings. The minimum atomic E-state index is -0.0165. The predicted octanol–water partition coefficient (Wildman–Crippen LogP) is 4.41. The molecule has 2 unspecified atom stereocenters. The van der Waals surface area contributed by atoms with Crippen LogP contribution in [0.2, 0.25) is 0 Å². The molecular weight excluding hydrogens is 262 g/mol. The Balaban J connectivity index is 1.63. The van der Waals surface area contributed by atoms with E-state index in [1.807, 2.05) is 0 Å². The molecule has 0 aromatic carbocycles. The smallest absolute Gasteiger partial charge is 0.231 e. The van der Waals surface area contributed by atoms with Crippen LogP contribution in [0.15, 0.2) is 4.52 Å². The molecule has 2 fully saturated rings. The van der Waals surface area contributed by atoms with Crippen LogP contribution >= 0.6 is 0 Å². The van der Waals surface area contributed by atoms with Crippen molar-refractivity contribution in [2.75, 3.05) is 0 Å². The lowest BCUT2D eigenvalue weighted by atomic mass is 9.80. The van der Waals surface area contributed by atoms with Gasteiger partial charge < -0.3 is 4.52 Å². The highest BCUT2D eigenvalue weighted by Crippen LogP contribution is 2.63. The fourth-order valence-corrected chi connectivity index (χ4v) is 4.00. The maximum atomic E-state index is 9.17. The van der Waals surface area contributed by atoms with Crippen molar-refractivity contribution in [2.24, 2.45) is 17.3 Å². The van der Waals surface area contributed by atoms with Gasteiger partial charge in [-0.05, 0) is 37.0 Å². The summed E-state index contributed by atoms with van der Waals surface area (Å²) in [6.45, 7) is 6.47. The largest absolute Gasteiger partial charge is 0.339 e. The molecule has 2 saturated carbocycles. The molecule has 0 radical (unpaired) electrons. The third-order valence-electron chi connectivity index (χ3n) is 5.60. The molecule has 1 heterocycles. The van der Waals surface area contributed by atoms with Crippen LogP contribution in [0, 0.1) is 28.6 Å². The minimum absolute atomic E-state index is 0.0165. The topological polar surface area (TPSA) is 62.7 Å². The zero-order valence-corrected chi connectivity index (χ0v) is 13.3. The van der Waals surface area contributed by atoms with Gasteiger partial charge in [-0.1, -0.05) is 38.8 Å². The standard InChI is InChI=1S/C17H25N3O/c1-4-5-11-6-8-12(9-7-11)15-19-16(21-20-15)14-13(10-18)17(14,2)3/h11-14H,4-9H2,1-3H3. The highest BCUT2D eigenvalue weighted by atomic mass is 16.5. The molecule has 114 valence electrons. The van der Waals surface area contributed by atoms with E-state index in [0.717, 1.165) is 11.7 Å². The average Bonchev–Trinajstić information content (AvgIpc) is 2.84. The van der Waals surface area contributed by atoms with E-state index < -0.39 is 0 Å². The Morgan fingerprint density at radius 3 is 2.57 bits per heavy atom. The van der Waals surface area contributed by atoms with Crippen LogP contribution in [0.3, 0.4) is 0 Å². The third-order valence-corrected chi connectivity index (χ3v) is 5.60. The molecule has 2 aliphatic carbocycles. The Labute approximate surface area is 126 Å². The molecule has 0 bridgehead atoms. The van der Waals surface area contributed by atoms with Gasteiger partial charge in [0.15, 0.2) is 5.82 Å². The van der Waals surface area contributed by atoms with Crippen molar-refractivity contribution in [3.8, 4) is 6.07 Å². The second-order valence-corrected chi connectivity index (χ2v) is 7.40. The SMILES string of the molecule is CCCC1CCC(c2noc(C3C(C#N)C3(C)C)n2)CC1. The van der Waals surface area contributed by atoms with Gasteiger partial charge in [-0.2, -0.15) is 10.2 Å². The Kier molecular flexibility index (Phi) is 3.77. The van der Waals surface area contributed by atoms with Crippen molar-refractivity contribution >= 4 is 0 Å². The maximum absolute atomic E-state index is 9.17. The number of hydrogen-bond donors (Lipinski definition) is 0. The Morgan fingerprint density at radius 1 is 1.29 bits per heavy atom. The molecule has 0 amide bonds. The summed E-state index contributed by atoms with van der Waals surface area (Å²) in [5.74, 6) is 3.05. The van der Waals surface area contributed by atoms with Gasteiger partial charge in [0.2, 0.25) is 5.89 Å². The van der Waals surface area contributed by atoms with Gasteiger partial charge in [0.1, 0.15) is 0 Å². The third kappa shape index (κ3) is 2.59. The highest BCUT2D eigenvalue weighted by molar-refractivity contribution is 5.26. The number of rotatable bonds is 4. The van der Waals surface area contributed by atoms with Crippen molar-refractivity contribution in [1.29, 1.82) is 5.26 Å². The first-order valence-corrected chi connectivity index (χ1v) is 8.31. The van der Waals surface area contributed by atoms with Gasteiger partial charge in [0.05, 0.1) is 17.9 Å².